The molecule has 140 valence electrons. The summed E-state index contributed by atoms with van der Waals surface area (Å²) in [6.07, 6.45) is 1.25. The maximum atomic E-state index is 12.7. The van der Waals surface area contributed by atoms with Crippen molar-refractivity contribution >= 4 is 22.5 Å². The number of carbonyl (C=O) groups is 1. The number of para-hydroxylation sites is 1. The molecule has 0 spiro atoms. The lowest BCUT2D eigenvalue weighted by atomic mass is 10.1. The zero-order valence-electron chi connectivity index (χ0n) is 15.3. The summed E-state index contributed by atoms with van der Waals surface area (Å²) in [6, 6.07) is 12.5. The molecule has 4 rings (SSSR count). The number of nitrogens with one attached hydrogen (secondary N) is 1. The molecule has 1 N–H and O–H groups in total. The van der Waals surface area contributed by atoms with E-state index in [9.17, 15) is 9.59 Å². The number of aromatic nitrogens is 4. The maximum absolute atomic E-state index is 12.7. The molecule has 0 aliphatic carbocycles. The number of hydrogen-bond donors (Lipinski definition) is 1. The number of hydrogen-bond acceptors (Lipinski definition) is 6. The van der Waals surface area contributed by atoms with Gasteiger partial charge in [0.1, 0.15) is 12.4 Å². The van der Waals surface area contributed by atoms with Gasteiger partial charge in [0.05, 0.1) is 10.9 Å². The highest BCUT2D eigenvalue weighted by Gasteiger charge is 2.13. The van der Waals surface area contributed by atoms with Crippen LogP contribution in [0.2, 0.25) is 0 Å². The summed E-state index contributed by atoms with van der Waals surface area (Å²) >= 11 is 0. The average Bonchev–Trinajstić information content (AvgIpc) is 3.22. The van der Waals surface area contributed by atoms with Gasteiger partial charge >= 0.3 is 0 Å². The SMILES string of the molecule is Cc1ccc(-c2nnco2)cc1NC(=O)Cn1c(C)nc2ccccc2c1=O. The van der Waals surface area contributed by atoms with Crippen LogP contribution in [-0.2, 0) is 11.3 Å². The normalized spacial score (nSPS) is 10.9. The van der Waals surface area contributed by atoms with Crippen molar-refractivity contribution in [2.75, 3.05) is 5.32 Å². The summed E-state index contributed by atoms with van der Waals surface area (Å²) in [6.45, 7) is 3.46. The van der Waals surface area contributed by atoms with Crippen LogP contribution in [0.4, 0.5) is 5.69 Å². The Labute approximate surface area is 159 Å². The first-order valence-electron chi connectivity index (χ1n) is 8.66. The quantitative estimate of drug-likeness (QED) is 0.588. The topological polar surface area (TPSA) is 103 Å². The van der Waals surface area contributed by atoms with Crippen LogP contribution >= 0.6 is 0 Å². The molecule has 0 radical (unpaired) electrons. The molecule has 0 saturated heterocycles. The highest BCUT2D eigenvalue weighted by Crippen LogP contribution is 2.23. The summed E-state index contributed by atoms with van der Waals surface area (Å²) in [5.74, 6) is 0.518. The van der Waals surface area contributed by atoms with Gasteiger partial charge in [0.2, 0.25) is 18.2 Å². The number of nitrogens with zero attached hydrogens (tertiary/aromatic N) is 4. The average molecular weight is 375 g/mol. The molecule has 8 heteroatoms. The highest BCUT2D eigenvalue weighted by molar-refractivity contribution is 5.92. The Morgan fingerprint density at radius 2 is 2.00 bits per heavy atom. The number of carbonyl (C=O) groups excluding carboxylic acids is 1. The molecule has 2 aromatic carbocycles. The highest BCUT2D eigenvalue weighted by atomic mass is 16.4. The predicted octanol–water partition coefficient (Wildman–Crippen LogP) is 2.70. The van der Waals surface area contributed by atoms with E-state index in [1.54, 1.807) is 31.2 Å². The summed E-state index contributed by atoms with van der Waals surface area (Å²) in [4.78, 5) is 29.8. The zero-order chi connectivity index (χ0) is 19.7. The largest absolute Gasteiger partial charge is 0.423 e. The fraction of sp³-hybridized carbons (Fsp3) is 0.150. The number of aryl methyl sites for hydroxylation is 2. The minimum absolute atomic E-state index is 0.132. The van der Waals surface area contributed by atoms with Crippen molar-refractivity contribution in [2.45, 2.75) is 20.4 Å². The predicted molar refractivity (Wildman–Crippen MR) is 104 cm³/mol. The van der Waals surface area contributed by atoms with Gasteiger partial charge in [0.25, 0.3) is 5.56 Å². The van der Waals surface area contributed by atoms with E-state index in [2.05, 4.69) is 20.5 Å². The number of benzene rings is 2. The number of rotatable bonds is 4. The molecule has 4 aromatic rings. The molecule has 0 aliphatic rings. The van der Waals surface area contributed by atoms with E-state index in [1.165, 1.54) is 11.0 Å². The molecule has 0 aliphatic heterocycles. The molecule has 2 aromatic heterocycles. The van der Waals surface area contributed by atoms with Crippen LogP contribution in [0.15, 0.2) is 58.1 Å². The van der Waals surface area contributed by atoms with Crippen LogP contribution in [0, 0.1) is 13.8 Å². The molecule has 2 heterocycles. The Bertz CT molecular complexity index is 1230. The van der Waals surface area contributed by atoms with Crippen molar-refractivity contribution in [3.63, 3.8) is 0 Å². The van der Waals surface area contributed by atoms with Crippen molar-refractivity contribution in [1.29, 1.82) is 0 Å². The minimum Gasteiger partial charge on any atom is -0.423 e. The minimum atomic E-state index is -0.326. The molecule has 0 unspecified atom stereocenters. The molecule has 8 nitrogen and oxygen atoms in total. The molecule has 0 bridgehead atoms. The van der Waals surface area contributed by atoms with Gasteiger partial charge < -0.3 is 9.73 Å². The van der Waals surface area contributed by atoms with Gasteiger partial charge in [-0.3, -0.25) is 14.2 Å². The van der Waals surface area contributed by atoms with Gasteiger partial charge in [-0.05, 0) is 43.7 Å². The Balaban J connectivity index is 1.61. The van der Waals surface area contributed by atoms with E-state index in [0.717, 1.165) is 5.56 Å². The summed E-state index contributed by atoms with van der Waals surface area (Å²) in [5.41, 5.74) is 2.55. The fourth-order valence-electron chi connectivity index (χ4n) is 2.99. The number of fused-ring (bicyclic) bond motifs is 1. The lowest BCUT2D eigenvalue weighted by Crippen LogP contribution is -2.30. The second-order valence-electron chi connectivity index (χ2n) is 6.39. The van der Waals surface area contributed by atoms with Crippen molar-refractivity contribution in [2.24, 2.45) is 0 Å². The van der Waals surface area contributed by atoms with E-state index < -0.39 is 0 Å². The number of amides is 1. The van der Waals surface area contributed by atoms with Crippen LogP contribution in [-0.4, -0.2) is 25.7 Å². The Kier molecular flexibility index (Phi) is 4.44. The third-order valence-electron chi connectivity index (χ3n) is 4.47. The summed E-state index contributed by atoms with van der Waals surface area (Å²) in [7, 11) is 0. The Morgan fingerprint density at radius 1 is 1.18 bits per heavy atom. The van der Waals surface area contributed by atoms with Crippen molar-refractivity contribution in [3.8, 4) is 11.5 Å². The second kappa shape index (κ2) is 7.07. The third-order valence-corrected chi connectivity index (χ3v) is 4.47. The Hall–Kier alpha value is -3.81. The van der Waals surface area contributed by atoms with E-state index in [-0.39, 0.29) is 18.0 Å². The molecule has 0 saturated carbocycles. The van der Waals surface area contributed by atoms with Crippen molar-refractivity contribution in [1.82, 2.24) is 19.7 Å². The summed E-state index contributed by atoms with van der Waals surface area (Å²) < 4.78 is 6.57. The first-order chi connectivity index (χ1) is 13.5. The van der Waals surface area contributed by atoms with E-state index in [1.807, 2.05) is 25.1 Å². The van der Waals surface area contributed by atoms with Crippen LogP contribution in [0.3, 0.4) is 0 Å². The monoisotopic (exact) mass is 375 g/mol. The summed E-state index contributed by atoms with van der Waals surface area (Å²) in [5, 5.41) is 10.9. The van der Waals surface area contributed by atoms with Crippen molar-refractivity contribution in [3.05, 3.63) is 70.6 Å². The molecule has 28 heavy (non-hydrogen) atoms. The van der Waals surface area contributed by atoms with Crippen LogP contribution in [0.25, 0.3) is 22.4 Å². The van der Waals surface area contributed by atoms with Gasteiger partial charge in [-0.15, -0.1) is 10.2 Å². The van der Waals surface area contributed by atoms with Crippen LogP contribution in [0.1, 0.15) is 11.4 Å². The fourth-order valence-corrected chi connectivity index (χ4v) is 2.99. The molecule has 0 fully saturated rings. The Morgan fingerprint density at radius 3 is 2.79 bits per heavy atom. The maximum Gasteiger partial charge on any atom is 0.261 e. The lowest BCUT2D eigenvalue weighted by molar-refractivity contribution is -0.116. The van der Waals surface area contributed by atoms with Crippen LogP contribution in [0.5, 0.6) is 0 Å². The molecule has 0 atom stereocenters. The van der Waals surface area contributed by atoms with Gasteiger partial charge in [-0.2, -0.15) is 0 Å². The van der Waals surface area contributed by atoms with Gasteiger partial charge in [-0.25, -0.2) is 4.98 Å². The lowest BCUT2D eigenvalue weighted by Gasteiger charge is -2.13. The smallest absolute Gasteiger partial charge is 0.261 e. The van der Waals surface area contributed by atoms with E-state index in [0.29, 0.717) is 33.9 Å². The van der Waals surface area contributed by atoms with Gasteiger partial charge in [-0.1, -0.05) is 18.2 Å². The van der Waals surface area contributed by atoms with Gasteiger partial charge in [0, 0.05) is 11.3 Å². The second-order valence-corrected chi connectivity index (χ2v) is 6.39. The first kappa shape index (κ1) is 17.6. The molecular formula is C20H17N5O3. The number of anilines is 1. The van der Waals surface area contributed by atoms with Crippen molar-refractivity contribution < 1.29 is 9.21 Å². The zero-order valence-corrected chi connectivity index (χ0v) is 15.3. The van der Waals surface area contributed by atoms with Gasteiger partial charge in [0.15, 0.2) is 0 Å². The van der Waals surface area contributed by atoms with Crippen LogP contribution < -0.4 is 10.9 Å². The third kappa shape index (κ3) is 3.27. The molecule has 1 amide bonds. The molecular weight excluding hydrogens is 358 g/mol. The standard InChI is InChI=1S/C20H17N5O3/c1-12-7-8-14(19-24-21-11-28-19)9-17(12)23-18(26)10-25-13(2)22-16-6-4-3-5-15(16)20(25)27/h3-9,11H,10H2,1-2H3,(H,23,26). The van der Waals surface area contributed by atoms with E-state index in [4.69, 9.17) is 4.42 Å². The van der Waals surface area contributed by atoms with E-state index >= 15 is 0 Å². The first-order valence-corrected chi connectivity index (χ1v) is 8.66.